The standard InChI is InChI=1S/C19H28N4O5S/c1-13-18(29(25,26)22(4)12-17-8-6-10-28-17)14(2)23(21-13)15(3)19(24)20-11-16-7-5-9-27-16/h6,8,10,15-16H,5,7,9,11-12H2,1-4H3,(H,20,24)/t15-,16+/m1/s1. The van der Waals surface area contributed by atoms with Crippen LogP contribution in [0, 0.1) is 13.8 Å². The number of carbonyl (C=O) groups excluding carboxylic acids is 1. The van der Waals surface area contributed by atoms with Gasteiger partial charge in [0.25, 0.3) is 0 Å². The Morgan fingerprint density at radius 1 is 1.45 bits per heavy atom. The van der Waals surface area contributed by atoms with E-state index in [-0.39, 0.29) is 23.5 Å². The lowest BCUT2D eigenvalue weighted by molar-refractivity contribution is -0.124. The molecule has 1 aliphatic rings. The van der Waals surface area contributed by atoms with Crippen LogP contribution in [0.3, 0.4) is 0 Å². The summed E-state index contributed by atoms with van der Waals surface area (Å²) in [4.78, 5) is 12.7. The number of hydrogen-bond donors (Lipinski definition) is 1. The Labute approximate surface area is 171 Å². The third-order valence-electron chi connectivity index (χ3n) is 5.16. The number of nitrogens with one attached hydrogen (secondary N) is 1. The first-order chi connectivity index (χ1) is 13.7. The zero-order valence-corrected chi connectivity index (χ0v) is 18.0. The van der Waals surface area contributed by atoms with Gasteiger partial charge in [-0.3, -0.25) is 9.48 Å². The summed E-state index contributed by atoms with van der Waals surface area (Å²) in [5.74, 6) is 0.319. The fraction of sp³-hybridized carbons (Fsp3) is 0.579. The van der Waals surface area contributed by atoms with Gasteiger partial charge in [0.2, 0.25) is 15.9 Å². The number of nitrogens with zero attached hydrogens (tertiary/aromatic N) is 3. The molecule has 0 saturated carbocycles. The van der Waals surface area contributed by atoms with Crippen molar-refractivity contribution in [3.63, 3.8) is 0 Å². The lowest BCUT2D eigenvalue weighted by atomic mass is 10.2. The summed E-state index contributed by atoms with van der Waals surface area (Å²) < 4.78 is 39.7. The Hall–Kier alpha value is -2.17. The summed E-state index contributed by atoms with van der Waals surface area (Å²) in [6.45, 7) is 6.27. The molecule has 1 amide bonds. The zero-order valence-electron chi connectivity index (χ0n) is 17.2. The minimum absolute atomic E-state index is 0.0396. The smallest absolute Gasteiger partial charge is 0.246 e. The van der Waals surface area contributed by atoms with Gasteiger partial charge in [-0.2, -0.15) is 9.40 Å². The van der Waals surface area contributed by atoms with E-state index in [2.05, 4.69) is 10.4 Å². The summed E-state index contributed by atoms with van der Waals surface area (Å²) in [6, 6.07) is 2.78. The van der Waals surface area contributed by atoms with Gasteiger partial charge in [-0.05, 0) is 45.7 Å². The SMILES string of the molecule is Cc1nn([C@H](C)C(=O)NC[C@@H]2CCCO2)c(C)c1S(=O)(=O)N(C)Cc1ccco1. The number of sulfonamides is 1. The van der Waals surface area contributed by atoms with E-state index >= 15 is 0 Å². The second kappa shape index (κ2) is 8.68. The summed E-state index contributed by atoms with van der Waals surface area (Å²) in [5.41, 5.74) is 0.779. The van der Waals surface area contributed by atoms with Crippen LogP contribution in [0.4, 0.5) is 0 Å². The van der Waals surface area contributed by atoms with Crippen molar-refractivity contribution in [2.24, 2.45) is 0 Å². The molecule has 160 valence electrons. The molecule has 0 aliphatic carbocycles. The highest BCUT2D eigenvalue weighted by molar-refractivity contribution is 7.89. The van der Waals surface area contributed by atoms with Gasteiger partial charge in [0.1, 0.15) is 16.7 Å². The average molecular weight is 425 g/mol. The molecule has 0 aromatic carbocycles. The number of aromatic nitrogens is 2. The molecule has 1 aliphatic heterocycles. The predicted octanol–water partition coefficient (Wildman–Crippen LogP) is 1.77. The van der Waals surface area contributed by atoms with Crippen LogP contribution >= 0.6 is 0 Å². The highest BCUT2D eigenvalue weighted by atomic mass is 32.2. The van der Waals surface area contributed by atoms with Gasteiger partial charge < -0.3 is 14.5 Å². The third kappa shape index (κ3) is 4.54. The van der Waals surface area contributed by atoms with E-state index < -0.39 is 16.1 Å². The zero-order chi connectivity index (χ0) is 21.2. The van der Waals surface area contributed by atoms with Crippen LogP contribution in [-0.2, 0) is 26.1 Å². The second-order valence-electron chi connectivity index (χ2n) is 7.34. The molecular formula is C19H28N4O5S. The first-order valence-corrected chi connectivity index (χ1v) is 11.1. The lowest BCUT2D eigenvalue weighted by Crippen LogP contribution is -2.37. The monoisotopic (exact) mass is 424 g/mol. The molecule has 2 atom stereocenters. The third-order valence-corrected chi connectivity index (χ3v) is 7.22. The molecule has 29 heavy (non-hydrogen) atoms. The van der Waals surface area contributed by atoms with E-state index in [9.17, 15) is 13.2 Å². The van der Waals surface area contributed by atoms with Crippen LogP contribution in [0.15, 0.2) is 27.7 Å². The molecule has 1 N–H and O–H groups in total. The van der Waals surface area contributed by atoms with E-state index in [1.807, 2.05) is 0 Å². The van der Waals surface area contributed by atoms with E-state index in [1.165, 1.54) is 22.3 Å². The van der Waals surface area contributed by atoms with Crippen molar-refractivity contribution in [1.29, 1.82) is 0 Å². The number of hydrogen-bond acceptors (Lipinski definition) is 6. The van der Waals surface area contributed by atoms with E-state index in [0.717, 1.165) is 19.4 Å². The van der Waals surface area contributed by atoms with Crippen LogP contribution in [0.2, 0.25) is 0 Å². The minimum atomic E-state index is -3.80. The van der Waals surface area contributed by atoms with E-state index in [1.54, 1.807) is 32.9 Å². The largest absolute Gasteiger partial charge is 0.468 e. The van der Waals surface area contributed by atoms with Crippen molar-refractivity contribution in [2.45, 2.75) is 57.2 Å². The predicted molar refractivity (Wildman–Crippen MR) is 106 cm³/mol. The highest BCUT2D eigenvalue weighted by Crippen LogP contribution is 2.26. The van der Waals surface area contributed by atoms with Crippen LogP contribution in [-0.4, -0.2) is 54.7 Å². The number of ether oxygens (including phenoxy) is 1. The minimum Gasteiger partial charge on any atom is -0.468 e. The Bertz CT molecular complexity index is 946. The molecule has 0 unspecified atom stereocenters. The van der Waals surface area contributed by atoms with Crippen molar-refractivity contribution in [3.05, 3.63) is 35.5 Å². The molecule has 3 heterocycles. The molecule has 1 fully saturated rings. The van der Waals surface area contributed by atoms with Crippen molar-refractivity contribution < 1.29 is 22.4 Å². The number of furan rings is 1. The fourth-order valence-electron chi connectivity index (χ4n) is 3.54. The quantitative estimate of drug-likeness (QED) is 0.692. The molecule has 0 bridgehead atoms. The van der Waals surface area contributed by atoms with E-state index in [0.29, 0.717) is 23.7 Å². The summed E-state index contributed by atoms with van der Waals surface area (Å²) >= 11 is 0. The van der Waals surface area contributed by atoms with Crippen LogP contribution < -0.4 is 5.32 Å². The molecule has 1 saturated heterocycles. The first kappa shape index (κ1) is 21.5. The van der Waals surface area contributed by atoms with Gasteiger partial charge in [0.05, 0.1) is 30.3 Å². The van der Waals surface area contributed by atoms with Crippen LogP contribution in [0.25, 0.3) is 0 Å². The van der Waals surface area contributed by atoms with Gasteiger partial charge in [-0.25, -0.2) is 8.42 Å². The summed E-state index contributed by atoms with van der Waals surface area (Å²) in [7, 11) is -2.31. The average Bonchev–Trinajstić information content (AvgIpc) is 3.41. The summed E-state index contributed by atoms with van der Waals surface area (Å²) in [6.07, 6.45) is 3.47. The molecule has 0 radical (unpaired) electrons. The van der Waals surface area contributed by atoms with Gasteiger partial charge >= 0.3 is 0 Å². The molecule has 0 spiro atoms. The van der Waals surface area contributed by atoms with Crippen LogP contribution in [0.1, 0.15) is 43.0 Å². The Kier molecular flexibility index (Phi) is 6.45. The second-order valence-corrected chi connectivity index (χ2v) is 9.32. The first-order valence-electron chi connectivity index (χ1n) is 9.65. The summed E-state index contributed by atoms with van der Waals surface area (Å²) in [5, 5.41) is 7.22. The lowest BCUT2D eigenvalue weighted by Gasteiger charge is -2.18. The van der Waals surface area contributed by atoms with Gasteiger partial charge in [0.15, 0.2) is 0 Å². The maximum Gasteiger partial charge on any atom is 0.246 e. The van der Waals surface area contributed by atoms with Crippen LogP contribution in [0.5, 0.6) is 0 Å². The molecule has 9 nitrogen and oxygen atoms in total. The molecular weight excluding hydrogens is 396 g/mol. The van der Waals surface area contributed by atoms with Crippen molar-refractivity contribution >= 4 is 15.9 Å². The van der Waals surface area contributed by atoms with E-state index in [4.69, 9.17) is 9.15 Å². The van der Waals surface area contributed by atoms with Crippen molar-refractivity contribution in [2.75, 3.05) is 20.2 Å². The molecule has 2 aromatic rings. The fourth-order valence-corrected chi connectivity index (χ4v) is 5.03. The maximum absolute atomic E-state index is 13.1. The van der Waals surface area contributed by atoms with Gasteiger partial charge in [-0.1, -0.05) is 0 Å². The normalized spacial score (nSPS) is 18.3. The molecule has 3 rings (SSSR count). The Morgan fingerprint density at radius 3 is 2.83 bits per heavy atom. The van der Waals surface area contributed by atoms with Crippen molar-refractivity contribution in [3.8, 4) is 0 Å². The number of rotatable bonds is 8. The number of amides is 1. The number of carbonyl (C=O) groups is 1. The Morgan fingerprint density at radius 2 is 2.21 bits per heavy atom. The molecule has 2 aromatic heterocycles. The molecule has 10 heteroatoms. The Balaban J connectivity index is 1.76. The van der Waals surface area contributed by atoms with Gasteiger partial charge in [0, 0.05) is 20.2 Å². The van der Waals surface area contributed by atoms with Gasteiger partial charge in [-0.15, -0.1) is 0 Å². The highest BCUT2D eigenvalue weighted by Gasteiger charge is 2.31. The number of aryl methyl sites for hydroxylation is 1. The van der Waals surface area contributed by atoms with Crippen molar-refractivity contribution in [1.82, 2.24) is 19.4 Å². The maximum atomic E-state index is 13.1. The topological polar surface area (TPSA) is 107 Å².